The predicted octanol–water partition coefficient (Wildman–Crippen LogP) is 3.48. The Kier molecular flexibility index (Phi) is 5.81. The van der Waals surface area contributed by atoms with Crippen molar-refractivity contribution in [3.8, 4) is 0 Å². The van der Waals surface area contributed by atoms with Gasteiger partial charge in [0.25, 0.3) is 5.91 Å². The topological polar surface area (TPSA) is 50.2 Å². The maximum Gasteiger partial charge on any atom is 0.274 e. The van der Waals surface area contributed by atoms with Gasteiger partial charge in [-0.05, 0) is 57.9 Å². The second-order valence-corrected chi connectivity index (χ2v) is 8.25. The van der Waals surface area contributed by atoms with Crippen LogP contribution in [0.4, 0.5) is 0 Å². The molecule has 1 atom stereocenters. The Morgan fingerprint density at radius 3 is 2.82 bits per heavy atom. The molecular formula is C23H32N4O. The van der Waals surface area contributed by atoms with Gasteiger partial charge in [0.2, 0.25) is 0 Å². The third-order valence-corrected chi connectivity index (χ3v) is 6.17. The van der Waals surface area contributed by atoms with Crippen LogP contribution < -0.4 is 5.32 Å². The summed E-state index contributed by atoms with van der Waals surface area (Å²) in [6.07, 6.45) is 6.45. The van der Waals surface area contributed by atoms with Crippen molar-refractivity contribution in [3.05, 3.63) is 52.3 Å². The number of aryl methyl sites for hydroxylation is 2. The van der Waals surface area contributed by atoms with Crippen molar-refractivity contribution in [2.45, 2.75) is 71.5 Å². The van der Waals surface area contributed by atoms with E-state index in [4.69, 9.17) is 5.10 Å². The second kappa shape index (κ2) is 8.48. The molecule has 1 aromatic carbocycles. The van der Waals surface area contributed by atoms with Crippen molar-refractivity contribution < 1.29 is 4.79 Å². The van der Waals surface area contributed by atoms with Crippen molar-refractivity contribution in [3.63, 3.8) is 0 Å². The first-order chi connectivity index (χ1) is 13.7. The largest absolute Gasteiger partial charge is 0.337 e. The maximum atomic E-state index is 13.2. The summed E-state index contributed by atoms with van der Waals surface area (Å²) in [6, 6.07) is 9.06. The van der Waals surface area contributed by atoms with Crippen LogP contribution in [-0.4, -0.2) is 39.7 Å². The fourth-order valence-corrected chi connectivity index (χ4v) is 4.63. The summed E-state index contributed by atoms with van der Waals surface area (Å²) in [5, 5.41) is 8.46. The van der Waals surface area contributed by atoms with E-state index in [0.29, 0.717) is 11.7 Å². The van der Waals surface area contributed by atoms with Gasteiger partial charge in [-0.3, -0.25) is 9.48 Å². The summed E-state index contributed by atoms with van der Waals surface area (Å²) in [5.41, 5.74) is 5.78. The molecule has 5 nitrogen and oxygen atoms in total. The number of carbonyl (C=O) groups excluding carboxylic acids is 1. The van der Waals surface area contributed by atoms with Crippen LogP contribution in [0.2, 0.25) is 0 Å². The molecule has 4 rings (SSSR count). The Bertz CT molecular complexity index is 835. The molecule has 0 radical (unpaired) electrons. The van der Waals surface area contributed by atoms with Gasteiger partial charge in [-0.1, -0.05) is 29.8 Å². The average molecular weight is 381 g/mol. The molecule has 0 bridgehead atoms. The number of carbonyl (C=O) groups is 1. The molecule has 0 saturated carbocycles. The van der Waals surface area contributed by atoms with E-state index in [-0.39, 0.29) is 5.91 Å². The van der Waals surface area contributed by atoms with E-state index >= 15 is 0 Å². The Balaban J connectivity index is 1.50. The molecule has 150 valence electrons. The molecule has 1 saturated heterocycles. The average Bonchev–Trinajstić information content (AvgIpc) is 3.10. The Labute approximate surface area is 168 Å². The van der Waals surface area contributed by atoms with Gasteiger partial charge in [-0.25, -0.2) is 0 Å². The highest BCUT2D eigenvalue weighted by Gasteiger charge is 2.31. The first-order valence-corrected chi connectivity index (χ1v) is 10.8. The zero-order valence-electron chi connectivity index (χ0n) is 17.2. The van der Waals surface area contributed by atoms with Gasteiger partial charge in [-0.2, -0.15) is 5.10 Å². The quantitative estimate of drug-likeness (QED) is 0.864. The van der Waals surface area contributed by atoms with Crippen LogP contribution in [0.3, 0.4) is 0 Å². The molecule has 2 heterocycles. The van der Waals surface area contributed by atoms with Crippen LogP contribution in [0.5, 0.6) is 0 Å². The molecule has 1 fully saturated rings. The number of rotatable bonds is 5. The SMILES string of the molecule is CCn1nc(C(=O)N2CCCCC2)c2c1CCC(NCc1cccc(C)c1)C2. The lowest BCUT2D eigenvalue weighted by Crippen LogP contribution is -2.38. The van der Waals surface area contributed by atoms with E-state index in [0.717, 1.165) is 58.3 Å². The Morgan fingerprint density at radius 2 is 2.07 bits per heavy atom. The minimum Gasteiger partial charge on any atom is -0.337 e. The number of piperidine rings is 1. The minimum atomic E-state index is 0.141. The lowest BCUT2D eigenvalue weighted by molar-refractivity contribution is 0.0716. The summed E-state index contributed by atoms with van der Waals surface area (Å²) < 4.78 is 2.06. The minimum absolute atomic E-state index is 0.141. The van der Waals surface area contributed by atoms with Crippen LogP contribution in [0.15, 0.2) is 24.3 Å². The van der Waals surface area contributed by atoms with Crippen LogP contribution in [0.1, 0.15) is 65.5 Å². The van der Waals surface area contributed by atoms with Gasteiger partial charge < -0.3 is 10.2 Å². The fraction of sp³-hybridized carbons (Fsp3) is 0.565. The third kappa shape index (κ3) is 4.00. The van der Waals surface area contributed by atoms with Crippen molar-refractivity contribution in [1.29, 1.82) is 0 Å². The molecule has 2 aliphatic rings. The first kappa shape index (κ1) is 19.2. The molecule has 28 heavy (non-hydrogen) atoms. The van der Waals surface area contributed by atoms with Gasteiger partial charge in [0.1, 0.15) is 0 Å². The monoisotopic (exact) mass is 380 g/mol. The second-order valence-electron chi connectivity index (χ2n) is 8.25. The third-order valence-electron chi connectivity index (χ3n) is 6.17. The fourth-order valence-electron chi connectivity index (χ4n) is 4.63. The van der Waals surface area contributed by atoms with Crippen molar-refractivity contribution in [2.75, 3.05) is 13.1 Å². The van der Waals surface area contributed by atoms with Crippen LogP contribution in [0, 0.1) is 6.92 Å². The normalized spacial score (nSPS) is 19.5. The molecule has 1 aromatic heterocycles. The van der Waals surface area contributed by atoms with E-state index in [9.17, 15) is 4.79 Å². The van der Waals surface area contributed by atoms with Crippen LogP contribution >= 0.6 is 0 Å². The zero-order valence-corrected chi connectivity index (χ0v) is 17.2. The highest BCUT2D eigenvalue weighted by molar-refractivity contribution is 5.94. The lowest BCUT2D eigenvalue weighted by Gasteiger charge is -2.28. The van der Waals surface area contributed by atoms with Gasteiger partial charge >= 0.3 is 0 Å². The van der Waals surface area contributed by atoms with E-state index in [1.807, 2.05) is 4.90 Å². The van der Waals surface area contributed by atoms with Crippen molar-refractivity contribution in [1.82, 2.24) is 20.0 Å². The summed E-state index contributed by atoms with van der Waals surface area (Å²) in [7, 11) is 0. The molecule has 5 heteroatoms. The lowest BCUT2D eigenvalue weighted by atomic mass is 9.90. The number of fused-ring (bicyclic) bond motifs is 1. The molecule has 0 spiro atoms. The van der Waals surface area contributed by atoms with Crippen molar-refractivity contribution in [2.24, 2.45) is 0 Å². The number of benzene rings is 1. The number of amides is 1. The highest BCUT2D eigenvalue weighted by atomic mass is 16.2. The van der Waals surface area contributed by atoms with Crippen molar-refractivity contribution >= 4 is 5.91 Å². The summed E-state index contributed by atoms with van der Waals surface area (Å²) in [4.78, 5) is 15.2. The van der Waals surface area contributed by atoms with Gasteiger partial charge in [0.15, 0.2) is 5.69 Å². The number of hydrogen-bond acceptors (Lipinski definition) is 3. The summed E-state index contributed by atoms with van der Waals surface area (Å²) >= 11 is 0. The van der Waals surface area contributed by atoms with E-state index in [2.05, 4.69) is 48.1 Å². The van der Waals surface area contributed by atoms with E-state index in [1.54, 1.807) is 0 Å². The summed E-state index contributed by atoms with van der Waals surface area (Å²) in [6.45, 7) is 7.71. The summed E-state index contributed by atoms with van der Waals surface area (Å²) in [5.74, 6) is 0.141. The van der Waals surface area contributed by atoms with Gasteiger partial charge in [0.05, 0.1) is 0 Å². The molecule has 1 unspecified atom stereocenters. The molecule has 2 aromatic rings. The number of likely N-dealkylation sites (tertiary alicyclic amines) is 1. The molecule has 1 aliphatic heterocycles. The number of hydrogen-bond donors (Lipinski definition) is 1. The number of nitrogens with zero attached hydrogens (tertiary/aromatic N) is 3. The number of nitrogens with one attached hydrogen (secondary N) is 1. The first-order valence-electron chi connectivity index (χ1n) is 10.8. The molecular weight excluding hydrogens is 348 g/mol. The Morgan fingerprint density at radius 1 is 1.25 bits per heavy atom. The van der Waals surface area contributed by atoms with E-state index in [1.165, 1.54) is 28.8 Å². The molecule has 1 aliphatic carbocycles. The molecule has 1 N–H and O–H groups in total. The maximum absolute atomic E-state index is 13.2. The Hall–Kier alpha value is -2.14. The smallest absolute Gasteiger partial charge is 0.274 e. The van der Waals surface area contributed by atoms with Crippen LogP contribution in [-0.2, 0) is 25.9 Å². The van der Waals surface area contributed by atoms with Gasteiger partial charge in [0, 0.05) is 43.5 Å². The van der Waals surface area contributed by atoms with E-state index < -0.39 is 0 Å². The van der Waals surface area contributed by atoms with Crippen LogP contribution in [0.25, 0.3) is 0 Å². The zero-order chi connectivity index (χ0) is 19.5. The predicted molar refractivity (Wildman–Crippen MR) is 111 cm³/mol. The highest BCUT2D eigenvalue weighted by Crippen LogP contribution is 2.27. The molecule has 1 amide bonds. The van der Waals surface area contributed by atoms with Gasteiger partial charge in [-0.15, -0.1) is 0 Å². The number of aromatic nitrogens is 2. The standard InChI is InChI=1S/C23H32N4O/c1-3-27-21-11-10-19(24-16-18-9-7-8-17(2)14-18)15-20(21)22(25-27)23(28)26-12-5-4-6-13-26/h7-9,14,19,24H,3-6,10-13,15-16H2,1-2H3.